The number of carbonyl (C=O) groups is 1. The Kier molecular flexibility index (Phi) is 5.97. The molecule has 1 amide bonds. The predicted molar refractivity (Wildman–Crippen MR) is 105 cm³/mol. The van der Waals surface area contributed by atoms with Crippen LogP contribution in [-0.2, 0) is 11.2 Å². The van der Waals surface area contributed by atoms with Crippen molar-refractivity contribution >= 4 is 22.4 Å². The van der Waals surface area contributed by atoms with E-state index in [4.69, 9.17) is 5.11 Å². The number of amides is 1. The minimum Gasteiger partial charge on any atom is -0.396 e. The van der Waals surface area contributed by atoms with Crippen molar-refractivity contribution in [2.24, 2.45) is 0 Å². The average molecular weight is 348 g/mol. The van der Waals surface area contributed by atoms with Crippen LogP contribution in [0.1, 0.15) is 36.8 Å². The Bertz CT molecular complexity index is 892. The highest BCUT2D eigenvalue weighted by Gasteiger charge is 2.17. The van der Waals surface area contributed by atoms with Gasteiger partial charge in [-0.05, 0) is 54.2 Å². The number of unbranched alkanes of at least 4 members (excludes halogenated alkanes) is 1. The molecule has 3 rings (SSSR count). The second-order valence-corrected chi connectivity index (χ2v) is 6.53. The van der Waals surface area contributed by atoms with Crippen molar-refractivity contribution in [2.75, 3.05) is 11.9 Å². The van der Waals surface area contributed by atoms with Crippen molar-refractivity contribution < 1.29 is 9.90 Å². The van der Waals surface area contributed by atoms with Crippen molar-refractivity contribution in [3.63, 3.8) is 0 Å². The quantitative estimate of drug-likeness (QED) is 0.626. The van der Waals surface area contributed by atoms with Gasteiger partial charge < -0.3 is 10.4 Å². The van der Waals surface area contributed by atoms with E-state index in [2.05, 4.69) is 34.6 Å². The number of rotatable bonds is 7. The molecule has 0 saturated heterocycles. The first-order valence-corrected chi connectivity index (χ1v) is 9.02. The van der Waals surface area contributed by atoms with Crippen LogP contribution in [0.2, 0.25) is 0 Å². The molecule has 1 aromatic heterocycles. The SMILES string of the molecule is CC(C(=O)Nc1ccncc1CCCCO)c1ccc2ccccc2c1. The van der Waals surface area contributed by atoms with E-state index in [0.29, 0.717) is 0 Å². The average Bonchev–Trinajstić information content (AvgIpc) is 2.68. The number of aromatic nitrogens is 1. The number of benzene rings is 2. The molecule has 0 aliphatic heterocycles. The maximum atomic E-state index is 12.8. The summed E-state index contributed by atoms with van der Waals surface area (Å²) in [7, 11) is 0. The van der Waals surface area contributed by atoms with Crippen LogP contribution >= 0.6 is 0 Å². The molecule has 4 heteroatoms. The summed E-state index contributed by atoms with van der Waals surface area (Å²) >= 11 is 0. The zero-order chi connectivity index (χ0) is 18.4. The first kappa shape index (κ1) is 18.1. The maximum absolute atomic E-state index is 12.8. The van der Waals surface area contributed by atoms with Gasteiger partial charge in [0.15, 0.2) is 0 Å². The Morgan fingerprint density at radius 2 is 1.92 bits per heavy atom. The molecule has 134 valence electrons. The molecule has 1 atom stereocenters. The van der Waals surface area contributed by atoms with E-state index in [1.54, 1.807) is 12.4 Å². The third-order valence-corrected chi connectivity index (χ3v) is 4.68. The van der Waals surface area contributed by atoms with Crippen LogP contribution in [0.4, 0.5) is 5.69 Å². The number of hydrogen-bond acceptors (Lipinski definition) is 3. The summed E-state index contributed by atoms with van der Waals surface area (Å²) in [6.07, 6.45) is 5.87. The highest BCUT2D eigenvalue weighted by molar-refractivity contribution is 5.97. The summed E-state index contributed by atoms with van der Waals surface area (Å²) in [4.78, 5) is 16.9. The van der Waals surface area contributed by atoms with E-state index < -0.39 is 0 Å². The Balaban J connectivity index is 1.74. The fraction of sp³-hybridized carbons (Fsp3) is 0.273. The molecule has 0 aliphatic rings. The monoisotopic (exact) mass is 348 g/mol. The van der Waals surface area contributed by atoms with Crippen LogP contribution in [0.3, 0.4) is 0 Å². The number of pyridine rings is 1. The Morgan fingerprint density at radius 3 is 2.73 bits per heavy atom. The summed E-state index contributed by atoms with van der Waals surface area (Å²) in [6, 6.07) is 16.1. The number of aliphatic hydroxyl groups excluding tert-OH is 1. The lowest BCUT2D eigenvalue weighted by Gasteiger charge is -2.15. The van der Waals surface area contributed by atoms with Crippen LogP contribution in [0.25, 0.3) is 10.8 Å². The van der Waals surface area contributed by atoms with Gasteiger partial charge in [0.2, 0.25) is 5.91 Å². The second-order valence-electron chi connectivity index (χ2n) is 6.53. The second kappa shape index (κ2) is 8.59. The number of aliphatic hydroxyl groups is 1. The minimum atomic E-state index is -0.252. The lowest BCUT2D eigenvalue weighted by Crippen LogP contribution is -2.19. The van der Waals surface area contributed by atoms with Crippen molar-refractivity contribution in [1.82, 2.24) is 4.98 Å². The third-order valence-electron chi connectivity index (χ3n) is 4.68. The number of carbonyl (C=O) groups excluding carboxylic acids is 1. The van der Waals surface area contributed by atoms with Gasteiger partial charge >= 0.3 is 0 Å². The molecule has 0 radical (unpaired) electrons. The summed E-state index contributed by atoms with van der Waals surface area (Å²) in [5, 5.41) is 14.3. The summed E-state index contributed by atoms with van der Waals surface area (Å²) < 4.78 is 0. The third kappa shape index (κ3) is 4.27. The maximum Gasteiger partial charge on any atom is 0.231 e. The fourth-order valence-corrected chi connectivity index (χ4v) is 3.05. The molecule has 0 aliphatic carbocycles. The van der Waals surface area contributed by atoms with E-state index in [9.17, 15) is 4.79 Å². The molecule has 0 saturated carbocycles. The molecule has 2 N–H and O–H groups in total. The molecule has 0 bridgehead atoms. The standard InChI is InChI=1S/C22H24N2O2/c1-16(18-10-9-17-6-2-3-7-19(17)14-18)22(26)24-21-11-12-23-15-20(21)8-4-5-13-25/h2-3,6-7,9-12,14-16,25H,4-5,8,13H2,1H3,(H,23,24,26). The van der Waals surface area contributed by atoms with E-state index in [-0.39, 0.29) is 18.4 Å². The number of hydrogen-bond donors (Lipinski definition) is 2. The lowest BCUT2D eigenvalue weighted by atomic mass is 9.97. The number of anilines is 1. The number of nitrogens with one attached hydrogen (secondary N) is 1. The molecule has 0 fully saturated rings. The van der Waals surface area contributed by atoms with Gasteiger partial charge in [0.1, 0.15) is 0 Å². The van der Waals surface area contributed by atoms with Crippen molar-refractivity contribution in [1.29, 1.82) is 0 Å². The van der Waals surface area contributed by atoms with Crippen molar-refractivity contribution in [3.8, 4) is 0 Å². The van der Waals surface area contributed by atoms with Gasteiger partial charge in [-0.25, -0.2) is 0 Å². The molecule has 3 aromatic rings. The van der Waals surface area contributed by atoms with Gasteiger partial charge in [0.05, 0.1) is 5.92 Å². The summed E-state index contributed by atoms with van der Waals surface area (Å²) in [5.41, 5.74) is 2.80. The first-order chi connectivity index (χ1) is 12.7. The molecule has 4 nitrogen and oxygen atoms in total. The van der Waals surface area contributed by atoms with Gasteiger partial charge in [0.25, 0.3) is 0 Å². The largest absolute Gasteiger partial charge is 0.396 e. The van der Waals surface area contributed by atoms with Crippen molar-refractivity contribution in [2.45, 2.75) is 32.1 Å². The Labute approximate surface area is 153 Å². The van der Waals surface area contributed by atoms with E-state index in [1.165, 1.54) is 5.39 Å². The number of fused-ring (bicyclic) bond motifs is 1. The van der Waals surface area contributed by atoms with Crippen molar-refractivity contribution in [3.05, 3.63) is 72.1 Å². The molecular formula is C22H24N2O2. The van der Waals surface area contributed by atoms with Crippen LogP contribution in [-0.4, -0.2) is 22.6 Å². The Morgan fingerprint density at radius 1 is 1.12 bits per heavy atom. The number of nitrogens with zero attached hydrogens (tertiary/aromatic N) is 1. The molecule has 2 aromatic carbocycles. The highest BCUT2D eigenvalue weighted by atomic mass is 16.2. The van der Waals surface area contributed by atoms with Gasteiger partial charge in [-0.2, -0.15) is 0 Å². The molecule has 0 spiro atoms. The lowest BCUT2D eigenvalue weighted by molar-refractivity contribution is -0.117. The molecular weight excluding hydrogens is 324 g/mol. The van der Waals surface area contributed by atoms with Gasteiger partial charge in [-0.3, -0.25) is 9.78 Å². The van der Waals surface area contributed by atoms with Crippen LogP contribution in [0, 0.1) is 0 Å². The molecule has 1 unspecified atom stereocenters. The highest BCUT2D eigenvalue weighted by Crippen LogP contribution is 2.24. The Hall–Kier alpha value is -2.72. The normalized spacial score (nSPS) is 12.1. The first-order valence-electron chi connectivity index (χ1n) is 9.02. The van der Waals surface area contributed by atoms with E-state index >= 15 is 0 Å². The van der Waals surface area contributed by atoms with Gasteiger partial charge in [-0.1, -0.05) is 42.5 Å². The van der Waals surface area contributed by atoms with Crippen LogP contribution in [0.15, 0.2) is 60.9 Å². The zero-order valence-electron chi connectivity index (χ0n) is 15.0. The van der Waals surface area contributed by atoms with E-state index in [1.807, 2.05) is 31.2 Å². The number of aryl methyl sites for hydroxylation is 1. The fourth-order valence-electron chi connectivity index (χ4n) is 3.05. The smallest absolute Gasteiger partial charge is 0.231 e. The minimum absolute atomic E-state index is 0.0325. The molecule has 1 heterocycles. The summed E-state index contributed by atoms with van der Waals surface area (Å²) in [5.74, 6) is -0.284. The van der Waals surface area contributed by atoms with E-state index in [0.717, 1.165) is 41.5 Å². The zero-order valence-corrected chi connectivity index (χ0v) is 15.0. The predicted octanol–water partition coefficient (Wildman–Crippen LogP) is 4.29. The van der Waals surface area contributed by atoms with Gasteiger partial charge in [-0.15, -0.1) is 0 Å². The van der Waals surface area contributed by atoms with Crippen LogP contribution < -0.4 is 5.32 Å². The van der Waals surface area contributed by atoms with Crippen LogP contribution in [0.5, 0.6) is 0 Å². The van der Waals surface area contributed by atoms with Gasteiger partial charge in [0, 0.05) is 24.7 Å². The summed E-state index contributed by atoms with van der Waals surface area (Å²) in [6.45, 7) is 2.10. The molecule has 26 heavy (non-hydrogen) atoms. The topological polar surface area (TPSA) is 62.2 Å².